The van der Waals surface area contributed by atoms with E-state index in [1.807, 2.05) is 6.92 Å². The maximum atomic E-state index is 12.0. The minimum Gasteiger partial charge on any atom is -0.479 e. The average molecular weight is 261 g/mol. The Hall–Kier alpha value is -2.10. The van der Waals surface area contributed by atoms with Gasteiger partial charge in [-0.05, 0) is 18.9 Å². The minimum atomic E-state index is -1.07. The number of aliphatic carboxylic acids is 1. The molecule has 0 aromatic heterocycles. The van der Waals surface area contributed by atoms with Crippen LogP contribution in [0.25, 0.3) is 0 Å². The van der Waals surface area contributed by atoms with Gasteiger partial charge in [0.1, 0.15) is 0 Å². The molecule has 1 aromatic rings. The van der Waals surface area contributed by atoms with E-state index < -0.39 is 12.0 Å². The summed E-state index contributed by atoms with van der Waals surface area (Å²) >= 11 is 0. The van der Waals surface area contributed by atoms with Crippen LogP contribution in [-0.4, -0.2) is 17.0 Å². The molecular weight excluding hydrogens is 242 g/mol. The number of benzene rings is 1. The monoisotopic (exact) mass is 261 g/mol. The highest BCUT2D eigenvalue weighted by atomic mass is 16.4. The van der Waals surface area contributed by atoms with Crippen LogP contribution in [0, 0.1) is 5.92 Å². The molecular formula is C15H19NO3. The number of hydrogen-bond acceptors (Lipinski definition) is 2. The van der Waals surface area contributed by atoms with Crippen LogP contribution in [0.3, 0.4) is 0 Å². The molecule has 0 bridgehead atoms. The van der Waals surface area contributed by atoms with Crippen LogP contribution in [-0.2, 0) is 9.59 Å². The summed E-state index contributed by atoms with van der Waals surface area (Å²) < 4.78 is 0. The third kappa shape index (κ3) is 4.58. The zero-order valence-corrected chi connectivity index (χ0v) is 11.2. The molecule has 0 aliphatic heterocycles. The van der Waals surface area contributed by atoms with Gasteiger partial charge in [-0.1, -0.05) is 42.8 Å². The Balaban J connectivity index is 2.78. The van der Waals surface area contributed by atoms with Crippen LogP contribution < -0.4 is 5.32 Å². The third-order valence-corrected chi connectivity index (χ3v) is 2.77. The zero-order valence-electron chi connectivity index (χ0n) is 11.2. The highest BCUT2D eigenvalue weighted by Crippen LogP contribution is 2.15. The van der Waals surface area contributed by atoms with Crippen LogP contribution in [0.1, 0.15) is 31.9 Å². The van der Waals surface area contributed by atoms with E-state index in [-0.39, 0.29) is 11.8 Å². The van der Waals surface area contributed by atoms with Crippen LogP contribution in [0.4, 0.5) is 0 Å². The summed E-state index contributed by atoms with van der Waals surface area (Å²) in [5.41, 5.74) is 1.46. The summed E-state index contributed by atoms with van der Waals surface area (Å²) in [4.78, 5) is 23.2. The second kappa shape index (κ2) is 6.73. The average Bonchev–Trinajstić information content (AvgIpc) is 2.35. The molecule has 1 aromatic carbocycles. The van der Waals surface area contributed by atoms with Crippen molar-refractivity contribution in [2.75, 3.05) is 0 Å². The highest BCUT2D eigenvalue weighted by molar-refractivity contribution is 5.85. The van der Waals surface area contributed by atoms with Crippen molar-refractivity contribution in [2.24, 2.45) is 5.92 Å². The van der Waals surface area contributed by atoms with Gasteiger partial charge in [0.25, 0.3) is 0 Å². The summed E-state index contributed by atoms with van der Waals surface area (Å²) in [5, 5.41) is 11.8. The number of carboxylic acid groups (broad SMARTS) is 1. The summed E-state index contributed by atoms with van der Waals surface area (Å²) in [6.07, 6.45) is 0.549. The Kier molecular flexibility index (Phi) is 5.30. The van der Waals surface area contributed by atoms with Crippen molar-refractivity contribution in [1.82, 2.24) is 5.32 Å². The fraction of sp³-hybridized carbons (Fsp3) is 0.333. The number of hydrogen-bond donors (Lipinski definition) is 2. The number of amides is 1. The Morgan fingerprint density at radius 1 is 1.32 bits per heavy atom. The van der Waals surface area contributed by atoms with Gasteiger partial charge >= 0.3 is 5.97 Å². The van der Waals surface area contributed by atoms with E-state index in [2.05, 4.69) is 11.9 Å². The number of allylic oxidation sites excluding steroid dienone is 1. The van der Waals surface area contributed by atoms with Gasteiger partial charge < -0.3 is 10.4 Å². The molecule has 102 valence electrons. The van der Waals surface area contributed by atoms with E-state index in [0.717, 1.165) is 5.57 Å². The summed E-state index contributed by atoms with van der Waals surface area (Å²) in [6.45, 7) is 7.35. The smallest absolute Gasteiger partial charge is 0.330 e. The van der Waals surface area contributed by atoms with Crippen molar-refractivity contribution in [3.63, 3.8) is 0 Å². The lowest BCUT2D eigenvalue weighted by Gasteiger charge is -2.18. The van der Waals surface area contributed by atoms with E-state index in [9.17, 15) is 14.7 Å². The van der Waals surface area contributed by atoms with Gasteiger partial charge in [0, 0.05) is 5.92 Å². The first-order chi connectivity index (χ1) is 8.91. The number of carbonyl (C=O) groups excluding carboxylic acids is 1. The van der Waals surface area contributed by atoms with Gasteiger partial charge in [-0.25, -0.2) is 4.79 Å². The number of carbonyl (C=O) groups is 2. The molecule has 1 unspecified atom stereocenters. The van der Waals surface area contributed by atoms with Gasteiger partial charge in [0.2, 0.25) is 5.91 Å². The molecule has 0 spiro atoms. The first-order valence-corrected chi connectivity index (χ1v) is 6.14. The van der Waals surface area contributed by atoms with Gasteiger partial charge in [0.05, 0.1) is 0 Å². The van der Waals surface area contributed by atoms with Crippen molar-refractivity contribution in [2.45, 2.75) is 26.3 Å². The Bertz CT molecular complexity index is 468. The molecule has 0 aliphatic carbocycles. The fourth-order valence-corrected chi connectivity index (χ4v) is 1.83. The van der Waals surface area contributed by atoms with E-state index in [4.69, 9.17) is 0 Å². The standard InChI is InChI=1S/C15H19NO3/c1-10(2)9-11(3)14(17)16-13(15(18)19)12-7-5-4-6-8-12/h4-8,11,13H,1,9H2,2-3H3,(H,16,17)(H,18,19)/t11?,13-/m0/s1. The minimum absolute atomic E-state index is 0.278. The first kappa shape index (κ1) is 15.0. The molecule has 0 saturated carbocycles. The molecule has 2 atom stereocenters. The van der Waals surface area contributed by atoms with E-state index >= 15 is 0 Å². The SMILES string of the molecule is C=C(C)CC(C)C(=O)N[C@H](C(=O)O)c1ccccc1. The largest absolute Gasteiger partial charge is 0.479 e. The topological polar surface area (TPSA) is 66.4 Å². The van der Waals surface area contributed by atoms with Crippen LogP contribution in [0.15, 0.2) is 42.5 Å². The normalized spacial score (nSPS) is 13.4. The molecule has 4 nitrogen and oxygen atoms in total. The van der Waals surface area contributed by atoms with E-state index in [1.165, 1.54) is 0 Å². The molecule has 19 heavy (non-hydrogen) atoms. The maximum Gasteiger partial charge on any atom is 0.330 e. The molecule has 1 amide bonds. The highest BCUT2D eigenvalue weighted by Gasteiger charge is 2.24. The second-order valence-corrected chi connectivity index (χ2v) is 4.75. The summed E-state index contributed by atoms with van der Waals surface area (Å²) in [5.74, 6) is -1.63. The molecule has 2 N–H and O–H groups in total. The number of rotatable bonds is 6. The Labute approximate surface area is 113 Å². The van der Waals surface area contributed by atoms with Crippen molar-refractivity contribution in [1.29, 1.82) is 0 Å². The van der Waals surface area contributed by atoms with Crippen LogP contribution >= 0.6 is 0 Å². The molecule has 1 rings (SSSR count). The van der Waals surface area contributed by atoms with Crippen molar-refractivity contribution >= 4 is 11.9 Å². The number of nitrogens with one attached hydrogen (secondary N) is 1. The lowest BCUT2D eigenvalue weighted by Crippen LogP contribution is -2.37. The van der Waals surface area contributed by atoms with Crippen molar-refractivity contribution in [3.8, 4) is 0 Å². The van der Waals surface area contributed by atoms with Gasteiger partial charge in [0.15, 0.2) is 6.04 Å². The predicted octanol–water partition coefficient (Wildman–Crippen LogP) is 2.53. The Morgan fingerprint density at radius 3 is 2.37 bits per heavy atom. The van der Waals surface area contributed by atoms with Crippen LogP contribution in [0.2, 0.25) is 0 Å². The van der Waals surface area contributed by atoms with Gasteiger partial charge in [-0.15, -0.1) is 6.58 Å². The summed E-state index contributed by atoms with van der Waals surface area (Å²) in [6, 6.07) is 7.64. The lowest BCUT2D eigenvalue weighted by atomic mass is 10.0. The molecule has 0 heterocycles. The fourth-order valence-electron chi connectivity index (χ4n) is 1.83. The molecule has 0 saturated heterocycles. The Morgan fingerprint density at radius 2 is 1.89 bits per heavy atom. The quantitative estimate of drug-likeness (QED) is 0.773. The first-order valence-electron chi connectivity index (χ1n) is 6.14. The van der Waals surface area contributed by atoms with Gasteiger partial charge in [-0.2, -0.15) is 0 Å². The van der Waals surface area contributed by atoms with E-state index in [0.29, 0.717) is 12.0 Å². The molecule has 0 aliphatic rings. The molecule has 4 heteroatoms. The van der Waals surface area contributed by atoms with E-state index in [1.54, 1.807) is 37.3 Å². The maximum absolute atomic E-state index is 12.0. The van der Waals surface area contributed by atoms with Crippen LogP contribution in [0.5, 0.6) is 0 Å². The van der Waals surface area contributed by atoms with Crippen molar-refractivity contribution in [3.05, 3.63) is 48.0 Å². The third-order valence-electron chi connectivity index (χ3n) is 2.77. The summed E-state index contributed by atoms with van der Waals surface area (Å²) in [7, 11) is 0. The zero-order chi connectivity index (χ0) is 14.4. The predicted molar refractivity (Wildman–Crippen MR) is 73.6 cm³/mol. The number of carboxylic acids is 1. The van der Waals surface area contributed by atoms with Gasteiger partial charge in [-0.3, -0.25) is 4.79 Å². The lowest BCUT2D eigenvalue weighted by molar-refractivity contribution is -0.142. The molecule has 0 radical (unpaired) electrons. The second-order valence-electron chi connectivity index (χ2n) is 4.75. The van der Waals surface area contributed by atoms with Crippen molar-refractivity contribution < 1.29 is 14.7 Å². The molecule has 0 fully saturated rings.